The molecule has 1 unspecified atom stereocenters. The normalized spacial score (nSPS) is 14.1. The van der Waals surface area contributed by atoms with E-state index in [4.69, 9.17) is 11.6 Å². The monoisotopic (exact) mass is 474 g/mol. The van der Waals surface area contributed by atoms with Crippen molar-refractivity contribution in [1.29, 1.82) is 0 Å². The minimum atomic E-state index is -5.75. The van der Waals surface area contributed by atoms with Crippen LogP contribution in [0.2, 0.25) is 5.02 Å². The first kappa shape index (κ1) is 24.1. The van der Waals surface area contributed by atoms with E-state index in [-0.39, 0.29) is 11.1 Å². The quantitative estimate of drug-likeness (QED) is 0.491. The van der Waals surface area contributed by atoms with Crippen LogP contribution < -0.4 is 4.74 Å². The first-order valence-corrected chi connectivity index (χ1v) is 7.93. The zero-order chi connectivity index (χ0) is 23.1. The molecule has 30 heavy (non-hydrogen) atoms. The van der Waals surface area contributed by atoms with Crippen molar-refractivity contribution >= 4 is 11.6 Å². The van der Waals surface area contributed by atoms with Crippen molar-refractivity contribution in [3.05, 3.63) is 40.3 Å². The van der Waals surface area contributed by atoms with Crippen molar-refractivity contribution in [3.8, 4) is 11.6 Å². The Hall–Kier alpha value is -2.22. The average Bonchev–Trinajstić information content (AvgIpc) is 2.87. The van der Waals surface area contributed by atoms with Gasteiger partial charge in [0.15, 0.2) is 0 Å². The highest BCUT2D eigenvalue weighted by molar-refractivity contribution is 6.31. The van der Waals surface area contributed by atoms with Gasteiger partial charge < -0.3 is 4.74 Å². The summed E-state index contributed by atoms with van der Waals surface area (Å²) in [6.45, 7) is 1.20. The Kier molecular flexibility index (Phi) is 6.52. The predicted octanol–water partition coefficient (Wildman–Crippen LogP) is 5.88. The molecule has 4 nitrogen and oxygen atoms in total. The van der Waals surface area contributed by atoms with Crippen LogP contribution in [0.4, 0.5) is 43.9 Å². The van der Waals surface area contributed by atoms with E-state index in [0.29, 0.717) is 16.9 Å². The summed E-state index contributed by atoms with van der Waals surface area (Å²) in [7, 11) is 0. The van der Waals surface area contributed by atoms with E-state index in [9.17, 15) is 43.9 Å². The standard InChI is InChI=1S/C15H9ClF10N2O2/c1-6-2-9(17)10(3-7(6)4-13(19,20)21)28-5-8(16)11(27-28)29-14(22,23)12(18)30-15(24,25)26/h2-3,5,12H,4H2,1H3. The molecule has 0 bridgehead atoms. The molecule has 1 aromatic carbocycles. The summed E-state index contributed by atoms with van der Waals surface area (Å²) < 4.78 is 134. The van der Waals surface area contributed by atoms with E-state index < -0.39 is 53.8 Å². The molecule has 0 saturated carbocycles. The van der Waals surface area contributed by atoms with Gasteiger partial charge in [0.1, 0.15) is 16.5 Å². The molecule has 0 saturated heterocycles. The van der Waals surface area contributed by atoms with Crippen molar-refractivity contribution in [2.24, 2.45) is 0 Å². The molecular weight excluding hydrogens is 466 g/mol. The van der Waals surface area contributed by atoms with Gasteiger partial charge in [-0.25, -0.2) is 18.2 Å². The molecule has 2 rings (SSSR count). The Balaban J connectivity index is 2.35. The van der Waals surface area contributed by atoms with Gasteiger partial charge in [-0.3, -0.25) is 0 Å². The van der Waals surface area contributed by atoms with Gasteiger partial charge in [-0.15, -0.1) is 18.3 Å². The van der Waals surface area contributed by atoms with E-state index >= 15 is 0 Å². The van der Waals surface area contributed by atoms with Gasteiger partial charge >= 0.3 is 25.0 Å². The molecule has 1 aromatic heterocycles. The number of nitrogens with zero attached hydrogens (tertiary/aromatic N) is 2. The predicted molar refractivity (Wildman–Crippen MR) is 80.6 cm³/mol. The minimum Gasteiger partial charge on any atom is -0.407 e. The molecular formula is C15H9ClF10N2O2. The number of hydrogen-bond acceptors (Lipinski definition) is 3. The van der Waals surface area contributed by atoms with Crippen LogP contribution in [0.25, 0.3) is 5.69 Å². The van der Waals surface area contributed by atoms with Gasteiger partial charge in [0.2, 0.25) is 0 Å². The highest BCUT2D eigenvalue weighted by Gasteiger charge is 2.51. The summed E-state index contributed by atoms with van der Waals surface area (Å²) in [6, 6.07) is 1.43. The maximum absolute atomic E-state index is 14.2. The van der Waals surface area contributed by atoms with E-state index in [1.165, 1.54) is 6.92 Å². The smallest absolute Gasteiger partial charge is 0.407 e. The molecule has 1 heterocycles. The van der Waals surface area contributed by atoms with Gasteiger partial charge in [-0.05, 0) is 30.2 Å². The number of halogens is 11. The van der Waals surface area contributed by atoms with E-state index in [1.807, 2.05) is 0 Å². The fourth-order valence-corrected chi connectivity index (χ4v) is 2.35. The Morgan fingerprint density at radius 3 is 2.23 bits per heavy atom. The van der Waals surface area contributed by atoms with Crippen LogP contribution in [0.3, 0.4) is 0 Å². The van der Waals surface area contributed by atoms with Gasteiger partial charge in [0, 0.05) is 0 Å². The van der Waals surface area contributed by atoms with E-state index in [1.54, 1.807) is 0 Å². The van der Waals surface area contributed by atoms with Gasteiger partial charge in [-0.2, -0.15) is 22.0 Å². The van der Waals surface area contributed by atoms with Crippen molar-refractivity contribution in [1.82, 2.24) is 9.78 Å². The number of ether oxygens (including phenoxy) is 2. The molecule has 0 amide bonds. The maximum Gasteiger partial charge on any atom is 0.525 e. The van der Waals surface area contributed by atoms with E-state index in [0.717, 1.165) is 6.07 Å². The second kappa shape index (κ2) is 8.13. The number of hydrogen-bond donors (Lipinski definition) is 0. The third kappa shape index (κ3) is 6.14. The molecule has 1 atom stereocenters. The van der Waals surface area contributed by atoms with E-state index in [2.05, 4.69) is 14.6 Å². The van der Waals surface area contributed by atoms with Crippen LogP contribution in [0, 0.1) is 12.7 Å². The van der Waals surface area contributed by atoms with Crippen LogP contribution in [0.5, 0.6) is 5.88 Å². The van der Waals surface area contributed by atoms with Crippen molar-refractivity contribution in [2.75, 3.05) is 0 Å². The molecule has 168 valence electrons. The summed E-state index contributed by atoms with van der Waals surface area (Å²) in [6.07, 6.45) is -20.7. The highest BCUT2D eigenvalue weighted by atomic mass is 35.5. The molecule has 0 fully saturated rings. The lowest BCUT2D eigenvalue weighted by Gasteiger charge is -2.21. The molecule has 0 aliphatic heterocycles. The number of aryl methyl sites for hydroxylation is 1. The number of benzene rings is 1. The SMILES string of the molecule is Cc1cc(F)c(-n2cc(Cl)c(OC(F)(F)C(F)OC(F)(F)F)n2)cc1CC(F)(F)F. The fourth-order valence-electron chi connectivity index (χ4n) is 2.18. The van der Waals surface area contributed by atoms with Crippen LogP contribution in [0.1, 0.15) is 11.1 Å². The highest BCUT2D eigenvalue weighted by Crippen LogP contribution is 2.35. The lowest BCUT2D eigenvalue weighted by atomic mass is 10.0. The fraction of sp³-hybridized carbons (Fsp3) is 0.400. The largest absolute Gasteiger partial charge is 0.525 e. The molecule has 0 aliphatic rings. The number of aromatic nitrogens is 2. The van der Waals surface area contributed by atoms with Crippen LogP contribution in [-0.2, 0) is 11.2 Å². The zero-order valence-electron chi connectivity index (χ0n) is 14.4. The van der Waals surface area contributed by atoms with Crippen LogP contribution in [0.15, 0.2) is 18.3 Å². The third-order valence-electron chi connectivity index (χ3n) is 3.42. The minimum absolute atomic E-state index is 0.0700. The zero-order valence-corrected chi connectivity index (χ0v) is 15.1. The summed E-state index contributed by atoms with van der Waals surface area (Å²) in [4.78, 5) is 0. The van der Waals surface area contributed by atoms with Gasteiger partial charge in [0.05, 0.1) is 12.6 Å². The first-order chi connectivity index (χ1) is 13.5. The number of rotatable bonds is 6. The Morgan fingerprint density at radius 1 is 1.10 bits per heavy atom. The average molecular weight is 475 g/mol. The molecule has 15 heteroatoms. The topological polar surface area (TPSA) is 36.3 Å². The molecule has 0 N–H and O–H groups in total. The molecule has 0 radical (unpaired) electrons. The number of alkyl halides is 9. The first-order valence-electron chi connectivity index (χ1n) is 7.55. The summed E-state index contributed by atoms with van der Waals surface area (Å²) in [5.74, 6) is -2.45. The Labute approximate surface area is 165 Å². The Morgan fingerprint density at radius 2 is 1.70 bits per heavy atom. The van der Waals surface area contributed by atoms with Crippen molar-refractivity contribution < 1.29 is 53.4 Å². The Bertz CT molecular complexity index is 910. The third-order valence-corrected chi connectivity index (χ3v) is 3.67. The second-order valence-corrected chi connectivity index (χ2v) is 6.20. The van der Waals surface area contributed by atoms with Gasteiger partial charge in [0.25, 0.3) is 5.88 Å². The summed E-state index contributed by atoms with van der Waals surface area (Å²) in [5, 5.41) is 2.40. The summed E-state index contributed by atoms with van der Waals surface area (Å²) >= 11 is 5.54. The van der Waals surface area contributed by atoms with Crippen LogP contribution in [-0.4, -0.2) is 34.8 Å². The van der Waals surface area contributed by atoms with Crippen molar-refractivity contribution in [3.63, 3.8) is 0 Å². The maximum atomic E-state index is 14.2. The summed E-state index contributed by atoms with van der Waals surface area (Å²) in [5.41, 5.74) is -1.11. The molecule has 2 aromatic rings. The van der Waals surface area contributed by atoms with Gasteiger partial charge in [-0.1, -0.05) is 11.6 Å². The molecule has 0 spiro atoms. The lowest BCUT2D eigenvalue weighted by Crippen LogP contribution is -2.41. The van der Waals surface area contributed by atoms with Crippen molar-refractivity contribution in [2.45, 2.75) is 38.3 Å². The lowest BCUT2D eigenvalue weighted by molar-refractivity contribution is -0.411. The molecule has 0 aliphatic carbocycles. The van der Waals surface area contributed by atoms with Crippen LogP contribution >= 0.6 is 11.6 Å². The second-order valence-electron chi connectivity index (χ2n) is 5.79.